The van der Waals surface area contributed by atoms with Crippen LogP contribution < -0.4 is 0 Å². The van der Waals surface area contributed by atoms with E-state index in [9.17, 15) is 4.79 Å². The molecule has 0 bridgehead atoms. The van der Waals surface area contributed by atoms with Gasteiger partial charge in [0.05, 0.1) is 11.6 Å². The maximum atomic E-state index is 12.9. The topological polar surface area (TPSA) is 23.6 Å². The zero-order valence-corrected chi connectivity index (χ0v) is 13.3. The Kier molecular flexibility index (Phi) is 3.72. The van der Waals surface area contributed by atoms with E-state index in [4.69, 9.17) is 0 Å². The molecule has 1 unspecified atom stereocenters. The highest BCUT2D eigenvalue weighted by Crippen LogP contribution is 2.34. The van der Waals surface area contributed by atoms with E-state index < -0.39 is 0 Å². The summed E-state index contributed by atoms with van der Waals surface area (Å²) >= 11 is 1.59. The van der Waals surface area contributed by atoms with Crippen molar-refractivity contribution in [3.63, 3.8) is 0 Å². The Morgan fingerprint density at radius 3 is 2.59 bits per heavy atom. The average molecular weight is 312 g/mol. The Bertz CT molecular complexity index is 636. The van der Waals surface area contributed by atoms with Gasteiger partial charge in [0, 0.05) is 31.1 Å². The second-order valence-electron chi connectivity index (χ2n) is 6.16. The van der Waals surface area contributed by atoms with Gasteiger partial charge in [-0.3, -0.25) is 9.69 Å². The first kappa shape index (κ1) is 14.0. The molecule has 4 rings (SSSR count). The molecule has 1 aromatic heterocycles. The van der Waals surface area contributed by atoms with Crippen LogP contribution in [-0.2, 0) is 0 Å². The summed E-state index contributed by atoms with van der Waals surface area (Å²) in [7, 11) is 0. The first-order valence-corrected chi connectivity index (χ1v) is 8.89. The first-order chi connectivity index (χ1) is 10.8. The van der Waals surface area contributed by atoms with Crippen molar-refractivity contribution < 1.29 is 4.79 Å². The summed E-state index contributed by atoms with van der Waals surface area (Å²) < 4.78 is 0. The van der Waals surface area contributed by atoms with Gasteiger partial charge >= 0.3 is 0 Å². The molecule has 1 atom stereocenters. The largest absolute Gasteiger partial charge is 0.329 e. The summed E-state index contributed by atoms with van der Waals surface area (Å²) in [4.78, 5) is 17.5. The lowest BCUT2D eigenvalue weighted by Crippen LogP contribution is -2.51. The summed E-state index contributed by atoms with van der Waals surface area (Å²) in [6.07, 6.45) is 2.64. The molecule has 0 radical (unpaired) electrons. The number of rotatable bonds is 3. The lowest BCUT2D eigenvalue weighted by Gasteiger charge is -2.42. The number of nitrogens with zero attached hydrogens (tertiary/aromatic N) is 2. The van der Waals surface area contributed by atoms with E-state index in [1.165, 1.54) is 18.4 Å². The van der Waals surface area contributed by atoms with Crippen LogP contribution in [0.4, 0.5) is 0 Å². The summed E-state index contributed by atoms with van der Waals surface area (Å²) in [6, 6.07) is 13.3. The fourth-order valence-electron chi connectivity index (χ4n) is 3.33. The highest BCUT2D eigenvalue weighted by molar-refractivity contribution is 7.08. The van der Waals surface area contributed by atoms with Crippen molar-refractivity contribution in [3.05, 3.63) is 58.3 Å². The molecule has 2 heterocycles. The quantitative estimate of drug-likeness (QED) is 0.867. The minimum absolute atomic E-state index is 0.169. The van der Waals surface area contributed by atoms with Gasteiger partial charge in [-0.25, -0.2) is 0 Å². The maximum absolute atomic E-state index is 12.9. The first-order valence-electron chi connectivity index (χ1n) is 7.95. The molecule has 0 N–H and O–H groups in total. The van der Waals surface area contributed by atoms with Crippen LogP contribution in [0.15, 0.2) is 47.2 Å². The van der Waals surface area contributed by atoms with Gasteiger partial charge in [0.2, 0.25) is 0 Å². The predicted molar refractivity (Wildman–Crippen MR) is 89.1 cm³/mol. The van der Waals surface area contributed by atoms with Gasteiger partial charge in [-0.15, -0.1) is 0 Å². The SMILES string of the molecule is O=C(c1ccsc1)N1CCN(C2CC2)CC1c1ccccc1. The van der Waals surface area contributed by atoms with Crippen LogP contribution >= 0.6 is 11.3 Å². The zero-order valence-electron chi connectivity index (χ0n) is 12.5. The lowest BCUT2D eigenvalue weighted by molar-refractivity contribution is 0.0433. The fraction of sp³-hybridized carbons (Fsp3) is 0.389. The highest BCUT2D eigenvalue weighted by Gasteiger charge is 2.37. The second-order valence-corrected chi connectivity index (χ2v) is 6.94. The van der Waals surface area contributed by atoms with Gasteiger partial charge < -0.3 is 4.90 Å². The van der Waals surface area contributed by atoms with E-state index in [1.807, 2.05) is 22.9 Å². The Morgan fingerprint density at radius 2 is 1.91 bits per heavy atom. The summed E-state index contributed by atoms with van der Waals surface area (Å²) in [6.45, 7) is 2.79. The van der Waals surface area contributed by atoms with Crippen molar-refractivity contribution in [1.82, 2.24) is 9.80 Å². The van der Waals surface area contributed by atoms with Crippen molar-refractivity contribution in [2.75, 3.05) is 19.6 Å². The molecule has 1 saturated carbocycles. The van der Waals surface area contributed by atoms with Crippen molar-refractivity contribution >= 4 is 17.2 Å². The monoisotopic (exact) mass is 312 g/mol. The van der Waals surface area contributed by atoms with Crippen LogP contribution in [0.2, 0.25) is 0 Å². The van der Waals surface area contributed by atoms with Crippen LogP contribution in [0, 0.1) is 0 Å². The number of hydrogen-bond donors (Lipinski definition) is 0. The molecule has 114 valence electrons. The number of hydrogen-bond acceptors (Lipinski definition) is 3. The van der Waals surface area contributed by atoms with E-state index in [0.29, 0.717) is 0 Å². The van der Waals surface area contributed by atoms with Gasteiger partial charge in [0.25, 0.3) is 5.91 Å². The van der Waals surface area contributed by atoms with Gasteiger partial charge in [-0.1, -0.05) is 30.3 Å². The van der Waals surface area contributed by atoms with Gasteiger partial charge in [-0.05, 0) is 29.9 Å². The Hall–Kier alpha value is -1.65. The molecule has 2 fully saturated rings. The maximum Gasteiger partial charge on any atom is 0.255 e. The van der Waals surface area contributed by atoms with E-state index in [2.05, 4.69) is 34.1 Å². The van der Waals surface area contributed by atoms with Crippen molar-refractivity contribution in [2.24, 2.45) is 0 Å². The van der Waals surface area contributed by atoms with E-state index >= 15 is 0 Å². The number of thiophene rings is 1. The summed E-state index contributed by atoms with van der Waals surface area (Å²) in [5, 5.41) is 3.93. The molecule has 1 amide bonds. The third-order valence-corrected chi connectivity index (χ3v) is 5.37. The fourth-order valence-corrected chi connectivity index (χ4v) is 3.96. The molecule has 22 heavy (non-hydrogen) atoms. The molecular weight excluding hydrogens is 292 g/mol. The normalized spacial score (nSPS) is 22.7. The molecule has 4 heteroatoms. The molecule has 1 aliphatic carbocycles. The van der Waals surface area contributed by atoms with Crippen LogP contribution in [0.1, 0.15) is 34.8 Å². The Morgan fingerprint density at radius 1 is 1.09 bits per heavy atom. The van der Waals surface area contributed by atoms with Gasteiger partial charge in [0.15, 0.2) is 0 Å². The third kappa shape index (κ3) is 2.69. The van der Waals surface area contributed by atoms with Gasteiger partial charge in [0.1, 0.15) is 0 Å². The summed E-state index contributed by atoms with van der Waals surface area (Å²) in [5.74, 6) is 0.172. The smallest absolute Gasteiger partial charge is 0.255 e. The standard InChI is InChI=1S/C18H20N2OS/c21-18(15-8-11-22-13-15)20-10-9-19(16-6-7-16)12-17(20)14-4-2-1-3-5-14/h1-5,8,11,13,16-17H,6-7,9-10,12H2. The minimum Gasteiger partial charge on any atom is -0.329 e. The van der Waals surface area contributed by atoms with Crippen molar-refractivity contribution in [1.29, 1.82) is 0 Å². The van der Waals surface area contributed by atoms with Crippen LogP contribution in [0.3, 0.4) is 0 Å². The number of piperazine rings is 1. The van der Waals surface area contributed by atoms with Crippen LogP contribution in [-0.4, -0.2) is 41.4 Å². The predicted octanol–water partition coefficient (Wildman–Crippen LogP) is 3.41. The summed E-state index contributed by atoms with van der Waals surface area (Å²) in [5.41, 5.74) is 2.07. The number of carbonyl (C=O) groups excluding carboxylic acids is 1. The van der Waals surface area contributed by atoms with E-state index in [1.54, 1.807) is 11.3 Å². The second kappa shape index (κ2) is 5.86. The van der Waals surface area contributed by atoms with Crippen LogP contribution in [0.5, 0.6) is 0 Å². The van der Waals surface area contributed by atoms with Crippen LogP contribution in [0.25, 0.3) is 0 Å². The molecular formula is C18H20N2OS. The number of amides is 1. The third-order valence-electron chi connectivity index (χ3n) is 4.69. The highest BCUT2D eigenvalue weighted by atomic mass is 32.1. The Labute approximate surface area is 135 Å². The lowest BCUT2D eigenvalue weighted by atomic mass is 10.0. The van der Waals surface area contributed by atoms with E-state index in [0.717, 1.165) is 31.2 Å². The number of benzene rings is 1. The molecule has 3 nitrogen and oxygen atoms in total. The molecule has 2 aromatic rings. The van der Waals surface area contributed by atoms with E-state index in [-0.39, 0.29) is 11.9 Å². The van der Waals surface area contributed by atoms with Crippen molar-refractivity contribution in [2.45, 2.75) is 24.9 Å². The molecule has 0 spiro atoms. The zero-order chi connectivity index (χ0) is 14.9. The molecule has 1 aliphatic heterocycles. The number of carbonyl (C=O) groups is 1. The minimum atomic E-state index is 0.169. The molecule has 1 saturated heterocycles. The van der Waals surface area contributed by atoms with Crippen molar-refractivity contribution in [3.8, 4) is 0 Å². The van der Waals surface area contributed by atoms with Gasteiger partial charge in [-0.2, -0.15) is 11.3 Å². The Balaban J connectivity index is 1.62. The average Bonchev–Trinajstić information content (AvgIpc) is 3.29. The molecule has 1 aromatic carbocycles. The molecule has 2 aliphatic rings.